The minimum Gasteiger partial charge on any atom is -0.378 e. The van der Waals surface area contributed by atoms with Gasteiger partial charge in [-0.2, -0.15) is 0 Å². The Balaban J connectivity index is 1.63. The first-order chi connectivity index (χ1) is 14.1. The highest BCUT2D eigenvalue weighted by Crippen LogP contribution is 2.33. The summed E-state index contributed by atoms with van der Waals surface area (Å²) in [5.41, 5.74) is 7.18. The molecule has 0 N–H and O–H groups in total. The zero-order chi connectivity index (χ0) is 19.7. The summed E-state index contributed by atoms with van der Waals surface area (Å²) in [4.78, 5) is 17.0. The number of rotatable bonds is 2. The second kappa shape index (κ2) is 5.74. The fraction of sp³-hybridized carbons (Fsp3) is 0.143. The monoisotopic (exact) mass is 400 g/mol. The van der Waals surface area contributed by atoms with Crippen LogP contribution >= 0.6 is 11.3 Å². The molecule has 0 atom stereocenters. The number of hydrogen-bond donors (Lipinski definition) is 0. The first-order valence-electron chi connectivity index (χ1n) is 9.30. The molecule has 6 aromatic rings. The van der Waals surface area contributed by atoms with Crippen molar-refractivity contribution in [2.75, 3.05) is 19.0 Å². The predicted molar refractivity (Wildman–Crippen MR) is 116 cm³/mol. The summed E-state index contributed by atoms with van der Waals surface area (Å²) >= 11 is 1.71. The molecule has 0 saturated carbocycles. The zero-order valence-electron chi connectivity index (χ0n) is 16.2. The Morgan fingerprint density at radius 3 is 2.72 bits per heavy atom. The van der Waals surface area contributed by atoms with Gasteiger partial charge in [0.15, 0.2) is 11.3 Å². The Bertz CT molecular complexity index is 1550. The molecule has 0 bridgehead atoms. The largest absolute Gasteiger partial charge is 0.378 e. The quantitative estimate of drug-likeness (QED) is 0.419. The number of imidazole rings is 2. The van der Waals surface area contributed by atoms with Gasteiger partial charge in [0.1, 0.15) is 11.9 Å². The maximum absolute atomic E-state index is 4.87. The normalized spacial score (nSPS) is 12.0. The van der Waals surface area contributed by atoms with Gasteiger partial charge in [-0.15, -0.1) is 4.98 Å². The molecular formula is C21H18N7S+. The van der Waals surface area contributed by atoms with Crippen LogP contribution in [0.1, 0.15) is 0 Å². The van der Waals surface area contributed by atoms with Gasteiger partial charge < -0.3 is 4.90 Å². The molecule has 8 heteroatoms. The molecule has 4 heterocycles. The third-order valence-electron chi connectivity index (χ3n) is 5.30. The summed E-state index contributed by atoms with van der Waals surface area (Å²) in [6, 6.07) is 12.9. The smallest absolute Gasteiger partial charge is 0.322 e. The van der Waals surface area contributed by atoms with E-state index in [4.69, 9.17) is 4.98 Å². The predicted octanol–water partition coefficient (Wildman–Crippen LogP) is 3.33. The molecule has 0 spiro atoms. The summed E-state index contributed by atoms with van der Waals surface area (Å²) in [5.74, 6) is 0. The van der Waals surface area contributed by atoms with Crippen LogP contribution in [0.2, 0.25) is 0 Å². The van der Waals surface area contributed by atoms with Crippen LogP contribution in [-0.4, -0.2) is 38.0 Å². The van der Waals surface area contributed by atoms with Crippen LogP contribution in [-0.2, 0) is 7.05 Å². The summed E-state index contributed by atoms with van der Waals surface area (Å²) in [7, 11) is 6.08. The van der Waals surface area contributed by atoms with Gasteiger partial charge in [-0.1, -0.05) is 11.3 Å². The molecule has 0 fully saturated rings. The van der Waals surface area contributed by atoms with Crippen molar-refractivity contribution < 1.29 is 4.57 Å². The van der Waals surface area contributed by atoms with Crippen LogP contribution in [0.15, 0.2) is 55.1 Å². The van der Waals surface area contributed by atoms with E-state index in [1.165, 1.54) is 4.70 Å². The van der Waals surface area contributed by atoms with Gasteiger partial charge in [-0.05, 0) is 30.3 Å². The first kappa shape index (κ1) is 16.4. The summed E-state index contributed by atoms with van der Waals surface area (Å²) in [5, 5.41) is 0. The second-order valence-corrected chi connectivity index (χ2v) is 8.36. The molecule has 0 radical (unpaired) electrons. The Labute approximate surface area is 170 Å². The molecule has 2 aromatic carbocycles. The number of fused-ring (bicyclic) bond motifs is 6. The Morgan fingerprint density at radius 2 is 1.86 bits per heavy atom. The molecule has 29 heavy (non-hydrogen) atoms. The van der Waals surface area contributed by atoms with Gasteiger partial charge in [0, 0.05) is 25.8 Å². The third kappa shape index (κ3) is 2.29. The average molecular weight is 400 g/mol. The molecule has 0 saturated heterocycles. The van der Waals surface area contributed by atoms with E-state index in [0.717, 1.165) is 44.2 Å². The molecule has 6 rings (SSSR count). The van der Waals surface area contributed by atoms with E-state index in [2.05, 4.69) is 60.2 Å². The number of aromatic nitrogens is 6. The molecule has 0 aliphatic rings. The van der Waals surface area contributed by atoms with Crippen molar-refractivity contribution in [1.82, 2.24) is 23.9 Å². The minimum atomic E-state index is 0.840. The average Bonchev–Trinajstić information content (AvgIpc) is 3.36. The molecule has 0 aliphatic heterocycles. The van der Waals surface area contributed by atoms with Gasteiger partial charge in [0.25, 0.3) is 5.65 Å². The van der Waals surface area contributed by atoms with E-state index in [-0.39, 0.29) is 0 Å². The standard InChI is InChI=1S/C21H18N7S/c1-25(2)13-4-6-16-15(10-13)24-21-28(16)17-11-14(5-7-18(17)29-21)27-12-26(3)19-20(27)23-9-8-22-19/h4-12H,1-3H3/q+1. The van der Waals surface area contributed by atoms with E-state index in [0.29, 0.717) is 0 Å². The van der Waals surface area contributed by atoms with E-state index >= 15 is 0 Å². The molecular weight excluding hydrogens is 382 g/mol. The highest BCUT2D eigenvalue weighted by atomic mass is 32.1. The molecule has 142 valence electrons. The van der Waals surface area contributed by atoms with E-state index in [9.17, 15) is 0 Å². The lowest BCUT2D eigenvalue weighted by molar-refractivity contribution is -0.647. The van der Waals surface area contributed by atoms with Crippen LogP contribution in [0, 0.1) is 0 Å². The van der Waals surface area contributed by atoms with E-state index in [1.54, 1.807) is 23.7 Å². The second-order valence-electron chi connectivity index (χ2n) is 7.35. The van der Waals surface area contributed by atoms with Crippen molar-refractivity contribution in [2.45, 2.75) is 0 Å². The Hall–Kier alpha value is -3.52. The van der Waals surface area contributed by atoms with Crippen molar-refractivity contribution >= 4 is 54.5 Å². The molecule has 0 unspecified atom stereocenters. The first-order valence-corrected chi connectivity index (χ1v) is 10.1. The number of aryl methyl sites for hydroxylation is 1. The van der Waals surface area contributed by atoms with Crippen molar-refractivity contribution in [3.05, 3.63) is 55.1 Å². The summed E-state index contributed by atoms with van der Waals surface area (Å²) in [6.45, 7) is 0. The van der Waals surface area contributed by atoms with Crippen molar-refractivity contribution in [3.63, 3.8) is 0 Å². The minimum absolute atomic E-state index is 0.840. The van der Waals surface area contributed by atoms with Crippen LogP contribution in [0.4, 0.5) is 5.69 Å². The fourth-order valence-corrected chi connectivity index (χ4v) is 4.87. The highest BCUT2D eigenvalue weighted by Gasteiger charge is 2.18. The zero-order valence-corrected chi connectivity index (χ0v) is 17.1. The van der Waals surface area contributed by atoms with Crippen molar-refractivity contribution in [2.24, 2.45) is 7.05 Å². The summed E-state index contributed by atoms with van der Waals surface area (Å²) < 4.78 is 7.52. The maximum atomic E-state index is 4.87. The number of nitrogens with zero attached hydrogens (tertiary/aromatic N) is 7. The third-order valence-corrected chi connectivity index (χ3v) is 6.32. The molecule has 0 amide bonds. The van der Waals surface area contributed by atoms with Crippen LogP contribution in [0.5, 0.6) is 0 Å². The van der Waals surface area contributed by atoms with E-state index in [1.807, 2.05) is 32.0 Å². The van der Waals surface area contributed by atoms with Crippen LogP contribution < -0.4 is 9.47 Å². The van der Waals surface area contributed by atoms with Crippen molar-refractivity contribution in [3.8, 4) is 5.69 Å². The molecule has 4 aromatic heterocycles. The topological polar surface area (TPSA) is 55.1 Å². The van der Waals surface area contributed by atoms with Crippen LogP contribution in [0.3, 0.4) is 0 Å². The lowest BCUT2D eigenvalue weighted by Crippen LogP contribution is -2.26. The van der Waals surface area contributed by atoms with Crippen molar-refractivity contribution in [1.29, 1.82) is 0 Å². The highest BCUT2D eigenvalue weighted by molar-refractivity contribution is 7.23. The number of benzene rings is 2. The fourth-order valence-electron chi connectivity index (χ4n) is 3.85. The van der Waals surface area contributed by atoms with E-state index < -0.39 is 0 Å². The number of anilines is 1. The number of thiazole rings is 1. The lowest BCUT2D eigenvalue weighted by atomic mass is 10.2. The molecule has 7 nitrogen and oxygen atoms in total. The van der Waals surface area contributed by atoms with Crippen LogP contribution in [0.25, 0.3) is 43.2 Å². The number of hydrogen-bond acceptors (Lipinski definition) is 5. The van der Waals surface area contributed by atoms with Gasteiger partial charge in [0.2, 0.25) is 0 Å². The Morgan fingerprint density at radius 1 is 1.00 bits per heavy atom. The van der Waals surface area contributed by atoms with Gasteiger partial charge >= 0.3 is 5.65 Å². The Kier molecular flexibility index (Phi) is 3.25. The van der Waals surface area contributed by atoms with Gasteiger partial charge in [-0.25, -0.2) is 19.1 Å². The van der Waals surface area contributed by atoms with Gasteiger partial charge in [0.05, 0.1) is 34.5 Å². The lowest BCUT2D eigenvalue weighted by Gasteiger charge is -2.11. The van der Waals surface area contributed by atoms with Gasteiger partial charge in [-0.3, -0.25) is 4.40 Å². The molecule has 0 aliphatic carbocycles. The maximum Gasteiger partial charge on any atom is 0.322 e. The summed E-state index contributed by atoms with van der Waals surface area (Å²) in [6.07, 6.45) is 5.47. The SMILES string of the molecule is CN(C)c1ccc2c(c1)nc1sc3ccc(-n4c[n+](C)c5nccnc54)cc3n12.